The van der Waals surface area contributed by atoms with Crippen LogP contribution in [-0.2, 0) is 17.7 Å². The third-order valence-electron chi connectivity index (χ3n) is 2.88. The number of hydrogen-bond donors (Lipinski definition) is 0. The van der Waals surface area contributed by atoms with Crippen LogP contribution in [0.1, 0.15) is 32.4 Å². The molecule has 1 aliphatic heterocycles. The summed E-state index contributed by atoms with van der Waals surface area (Å²) in [5, 5.41) is 8.13. The van der Waals surface area contributed by atoms with Crippen LogP contribution in [0.25, 0.3) is 0 Å². The summed E-state index contributed by atoms with van der Waals surface area (Å²) < 4.78 is 7.76. The van der Waals surface area contributed by atoms with E-state index in [2.05, 4.69) is 24.2 Å². The number of hydrogen-bond acceptors (Lipinski definition) is 3. The second-order valence-corrected chi connectivity index (χ2v) is 5.29. The van der Waals surface area contributed by atoms with E-state index < -0.39 is 0 Å². The summed E-state index contributed by atoms with van der Waals surface area (Å²) in [7, 11) is 0. The molecule has 0 saturated carbocycles. The number of ether oxygens (including phenoxy) is 1. The summed E-state index contributed by atoms with van der Waals surface area (Å²) in [6, 6.07) is 0. The van der Waals surface area contributed by atoms with Gasteiger partial charge in [-0.05, 0) is 26.7 Å². The van der Waals surface area contributed by atoms with E-state index in [1.54, 1.807) is 0 Å². The molecular weight excluding hydrogens is 226 g/mol. The van der Waals surface area contributed by atoms with Crippen molar-refractivity contribution in [3.63, 3.8) is 0 Å². The molecule has 5 heteroatoms. The second kappa shape index (κ2) is 4.72. The minimum Gasteiger partial charge on any atom is -0.370 e. The predicted molar refractivity (Wildman–Crippen MR) is 62.6 cm³/mol. The molecule has 90 valence electrons. The van der Waals surface area contributed by atoms with Crippen LogP contribution in [0.2, 0.25) is 0 Å². The first-order valence-electron chi connectivity index (χ1n) is 5.72. The van der Waals surface area contributed by atoms with Crippen molar-refractivity contribution in [2.45, 2.75) is 51.4 Å². The van der Waals surface area contributed by atoms with E-state index in [0.29, 0.717) is 5.88 Å². The maximum absolute atomic E-state index is 5.91. The number of nitrogens with zero attached hydrogens (tertiary/aromatic N) is 3. The Morgan fingerprint density at radius 2 is 2.44 bits per heavy atom. The Balaban J connectivity index is 1.89. The maximum atomic E-state index is 5.91. The number of aryl methyl sites for hydroxylation is 1. The summed E-state index contributed by atoms with van der Waals surface area (Å²) in [4.78, 5) is 0. The molecule has 2 rings (SSSR count). The van der Waals surface area contributed by atoms with Gasteiger partial charge in [0.15, 0.2) is 0 Å². The van der Waals surface area contributed by atoms with Gasteiger partial charge in [0, 0.05) is 18.5 Å². The lowest BCUT2D eigenvalue weighted by molar-refractivity contribution is -0.0231. The van der Waals surface area contributed by atoms with Gasteiger partial charge >= 0.3 is 0 Å². The van der Waals surface area contributed by atoms with Crippen LogP contribution < -0.4 is 0 Å². The van der Waals surface area contributed by atoms with E-state index >= 15 is 0 Å². The number of rotatable bonds is 4. The molecule has 0 aromatic carbocycles. The van der Waals surface area contributed by atoms with Crippen molar-refractivity contribution in [2.24, 2.45) is 0 Å². The average molecular weight is 244 g/mol. The maximum Gasteiger partial charge on any atom is 0.0839 e. The molecule has 1 unspecified atom stereocenters. The normalized spacial score (nSPS) is 23.8. The minimum absolute atomic E-state index is 0.0181. The van der Waals surface area contributed by atoms with Crippen LogP contribution in [0.5, 0.6) is 0 Å². The van der Waals surface area contributed by atoms with E-state index in [4.69, 9.17) is 16.3 Å². The molecule has 2 heterocycles. The highest BCUT2D eigenvalue weighted by atomic mass is 35.5. The van der Waals surface area contributed by atoms with Gasteiger partial charge in [0.25, 0.3) is 0 Å². The van der Waals surface area contributed by atoms with Crippen molar-refractivity contribution in [1.82, 2.24) is 15.0 Å². The fourth-order valence-electron chi connectivity index (χ4n) is 2.05. The third kappa shape index (κ3) is 2.95. The minimum atomic E-state index is 0.0181. The smallest absolute Gasteiger partial charge is 0.0839 e. The van der Waals surface area contributed by atoms with Crippen molar-refractivity contribution < 1.29 is 4.74 Å². The predicted octanol–water partition coefficient (Wildman–Crippen LogP) is 2.02. The van der Waals surface area contributed by atoms with Crippen LogP contribution in [-0.4, -0.2) is 32.6 Å². The van der Waals surface area contributed by atoms with Gasteiger partial charge in [-0.2, -0.15) is 0 Å². The lowest BCUT2D eigenvalue weighted by atomic mass is 10.1. The van der Waals surface area contributed by atoms with Crippen LogP contribution in [0.4, 0.5) is 0 Å². The van der Waals surface area contributed by atoms with E-state index in [1.807, 2.05) is 10.9 Å². The highest BCUT2D eigenvalue weighted by Crippen LogP contribution is 2.29. The molecule has 1 atom stereocenters. The molecule has 0 spiro atoms. The fourth-order valence-corrected chi connectivity index (χ4v) is 2.25. The highest BCUT2D eigenvalue weighted by Gasteiger charge is 2.31. The zero-order valence-electron chi connectivity index (χ0n) is 9.82. The summed E-state index contributed by atoms with van der Waals surface area (Å²) in [5.41, 5.74) is 0.969. The van der Waals surface area contributed by atoms with Crippen molar-refractivity contribution in [2.75, 3.05) is 5.88 Å². The van der Waals surface area contributed by atoms with E-state index in [1.165, 1.54) is 0 Å². The molecule has 16 heavy (non-hydrogen) atoms. The van der Waals surface area contributed by atoms with Gasteiger partial charge < -0.3 is 4.74 Å². The molecule has 1 aromatic rings. The molecule has 0 aliphatic carbocycles. The number of halogens is 1. The fraction of sp³-hybridized carbons (Fsp3) is 0.818. The number of aromatic nitrogens is 3. The van der Waals surface area contributed by atoms with Gasteiger partial charge in [0.05, 0.1) is 23.9 Å². The molecule has 0 bridgehead atoms. The SMILES string of the molecule is CC1(C)CCC(Cn2cc(CCCl)nn2)O1. The van der Waals surface area contributed by atoms with Crippen LogP contribution in [0.15, 0.2) is 6.20 Å². The molecule has 4 nitrogen and oxygen atoms in total. The topological polar surface area (TPSA) is 39.9 Å². The lowest BCUT2D eigenvalue weighted by Gasteiger charge is -2.18. The summed E-state index contributed by atoms with van der Waals surface area (Å²) in [5.74, 6) is 0.589. The van der Waals surface area contributed by atoms with E-state index in [-0.39, 0.29) is 11.7 Å². The van der Waals surface area contributed by atoms with Gasteiger partial charge in [-0.3, -0.25) is 0 Å². The Labute approximate surface area is 101 Å². The summed E-state index contributed by atoms with van der Waals surface area (Å²) in [6.07, 6.45) is 5.20. The van der Waals surface area contributed by atoms with Gasteiger partial charge in [0.1, 0.15) is 0 Å². The van der Waals surface area contributed by atoms with Crippen molar-refractivity contribution in [1.29, 1.82) is 0 Å². The van der Waals surface area contributed by atoms with E-state index in [9.17, 15) is 0 Å². The first-order valence-corrected chi connectivity index (χ1v) is 6.25. The van der Waals surface area contributed by atoms with Gasteiger partial charge in [-0.1, -0.05) is 5.21 Å². The van der Waals surface area contributed by atoms with Crippen LogP contribution in [0, 0.1) is 0 Å². The van der Waals surface area contributed by atoms with Crippen molar-refractivity contribution in [3.8, 4) is 0 Å². The van der Waals surface area contributed by atoms with E-state index in [0.717, 1.165) is 31.5 Å². The zero-order valence-corrected chi connectivity index (χ0v) is 10.6. The van der Waals surface area contributed by atoms with Crippen molar-refractivity contribution in [3.05, 3.63) is 11.9 Å². The Bertz CT molecular complexity index is 351. The summed E-state index contributed by atoms with van der Waals surface area (Å²) >= 11 is 5.65. The van der Waals surface area contributed by atoms with Crippen molar-refractivity contribution >= 4 is 11.6 Å². The Kier molecular flexibility index (Phi) is 3.50. The second-order valence-electron chi connectivity index (χ2n) is 4.91. The van der Waals surface area contributed by atoms with Crippen LogP contribution >= 0.6 is 11.6 Å². The monoisotopic (exact) mass is 243 g/mol. The molecule has 0 radical (unpaired) electrons. The lowest BCUT2D eigenvalue weighted by Crippen LogP contribution is -2.23. The Morgan fingerprint density at radius 1 is 1.62 bits per heavy atom. The molecule has 1 fully saturated rings. The quantitative estimate of drug-likeness (QED) is 0.760. The molecule has 1 saturated heterocycles. The van der Waals surface area contributed by atoms with Gasteiger partial charge in [-0.25, -0.2) is 4.68 Å². The molecule has 1 aliphatic rings. The highest BCUT2D eigenvalue weighted by molar-refractivity contribution is 6.17. The average Bonchev–Trinajstić information content (AvgIpc) is 2.75. The number of alkyl halides is 1. The standard InChI is InChI=1S/C11H18ClN3O/c1-11(2)5-3-10(16-11)8-15-7-9(4-6-12)13-14-15/h7,10H,3-6,8H2,1-2H3. The molecule has 0 amide bonds. The Morgan fingerprint density at radius 3 is 3.06 bits per heavy atom. The molecule has 1 aromatic heterocycles. The van der Waals surface area contributed by atoms with Gasteiger partial charge in [-0.15, -0.1) is 16.7 Å². The van der Waals surface area contributed by atoms with Gasteiger partial charge in [0.2, 0.25) is 0 Å². The zero-order chi connectivity index (χ0) is 11.6. The summed E-state index contributed by atoms with van der Waals surface area (Å²) in [6.45, 7) is 5.05. The first kappa shape index (κ1) is 11.9. The Hall–Kier alpha value is -0.610. The third-order valence-corrected chi connectivity index (χ3v) is 3.07. The molecular formula is C11H18ClN3O. The largest absolute Gasteiger partial charge is 0.370 e. The van der Waals surface area contributed by atoms with Crippen LogP contribution in [0.3, 0.4) is 0 Å². The first-order chi connectivity index (χ1) is 7.59. The molecule has 0 N–H and O–H groups in total.